The average molecular weight is 323 g/mol. The van der Waals surface area contributed by atoms with Crippen molar-refractivity contribution in [3.05, 3.63) is 57.4 Å². The maximum atomic E-state index is 12.4. The van der Waals surface area contributed by atoms with E-state index < -0.39 is 5.56 Å². The molecular formula is C19H21N3O2. The van der Waals surface area contributed by atoms with E-state index in [-0.39, 0.29) is 11.4 Å². The second-order valence-corrected chi connectivity index (χ2v) is 5.61. The fraction of sp³-hybridized carbons (Fsp3) is 0.316. The molecule has 124 valence electrons. The molecule has 0 radical (unpaired) electrons. The number of hydrogen-bond donors (Lipinski definition) is 1. The van der Waals surface area contributed by atoms with Crippen LogP contribution in [0.25, 0.3) is 0 Å². The van der Waals surface area contributed by atoms with Crippen LogP contribution in [0.4, 0.5) is 5.69 Å². The van der Waals surface area contributed by atoms with Crippen molar-refractivity contribution in [1.82, 2.24) is 4.57 Å². The highest BCUT2D eigenvalue weighted by Gasteiger charge is 2.17. The van der Waals surface area contributed by atoms with E-state index >= 15 is 0 Å². The van der Waals surface area contributed by atoms with E-state index in [0.717, 1.165) is 24.9 Å². The summed E-state index contributed by atoms with van der Waals surface area (Å²) in [5, 5.41) is 19.8. The van der Waals surface area contributed by atoms with E-state index in [9.17, 15) is 15.2 Å². The molecule has 1 aromatic carbocycles. The number of aromatic hydroxyl groups is 1. The summed E-state index contributed by atoms with van der Waals surface area (Å²) in [6, 6.07) is 11.3. The number of unbranched alkanes of at least 4 members (excludes halogenated alkanes) is 2. The molecule has 1 aromatic heterocycles. The quantitative estimate of drug-likeness (QED) is 0.650. The summed E-state index contributed by atoms with van der Waals surface area (Å²) >= 11 is 0. The maximum absolute atomic E-state index is 12.4. The third-order valence-electron chi connectivity index (χ3n) is 3.93. The Balaban J connectivity index is 2.50. The molecule has 5 heteroatoms. The Hall–Kier alpha value is -2.87. The maximum Gasteiger partial charge on any atom is 0.271 e. The van der Waals surface area contributed by atoms with Gasteiger partial charge in [-0.2, -0.15) is 5.26 Å². The lowest BCUT2D eigenvalue weighted by molar-refractivity contribution is 0.398. The molecule has 2 aromatic rings. The number of hydrogen-bond acceptors (Lipinski definition) is 4. The van der Waals surface area contributed by atoms with Gasteiger partial charge in [-0.05, 0) is 31.0 Å². The number of aromatic nitrogens is 1. The summed E-state index contributed by atoms with van der Waals surface area (Å²) in [4.78, 5) is 16.7. The van der Waals surface area contributed by atoms with Gasteiger partial charge in [-0.25, -0.2) is 0 Å². The summed E-state index contributed by atoms with van der Waals surface area (Å²) < 4.78 is 1.27. The summed E-state index contributed by atoms with van der Waals surface area (Å²) in [7, 11) is 0. The van der Waals surface area contributed by atoms with Crippen molar-refractivity contribution in [2.75, 3.05) is 0 Å². The van der Waals surface area contributed by atoms with Gasteiger partial charge < -0.3 is 5.11 Å². The number of pyridine rings is 1. The number of rotatable bonds is 6. The predicted octanol–water partition coefficient (Wildman–Crippen LogP) is 3.67. The number of aliphatic imine (C=N–C) groups is 1. The van der Waals surface area contributed by atoms with Crippen molar-refractivity contribution in [2.45, 2.75) is 39.7 Å². The van der Waals surface area contributed by atoms with Gasteiger partial charge >= 0.3 is 0 Å². The summed E-state index contributed by atoms with van der Waals surface area (Å²) in [5.74, 6) is -0.132. The Labute approximate surface area is 141 Å². The summed E-state index contributed by atoms with van der Waals surface area (Å²) in [6.45, 7) is 4.11. The zero-order valence-electron chi connectivity index (χ0n) is 14.0. The van der Waals surface area contributed by atoms with Crippen LogP contribution in [-0.2, 0) is 6.54 Å². The van der Waals surface area contributed by atoms with E-state index in [1.165, 1.54) is 10.8 Å². The first-order valence-electron chi connectivity index (χ1n) is 8.05. The van der Waals surface area contributed by atoms with Crippen molar-refractivity contribution in [3.8, 4) is 11.9 Å². The Morgan fingerprint density at radius 3 is 2.62 bits per heavy atom. The predicted molar refractivity (Wildman–Crippen MR) is 95.0 cm³/mol. The molecule has 1 heterocycles. The highest BCUT2D eigenvalue weighted by molar-refractivity contribution is 5.87. The van der Waals surface area contributed by atoms with E-state index in [0.29, 0.717) is 17.7 Å². The van der Waals surface area contributed by atoms with Gasteiger partial charge in [0.25, 0.3) is 5.56 Å². The zero-order valence-corrected chi connectivity index (χ0v) is 14.0. The van der Waals surface area contributed by atoms with Gasteiger partial charge in [-0.15, -0.1) is 0 Å². The third kappa shape index (κ3) is 3.72. The lowest BCUT2D eigenvalue weighted by Gasteiger charge is -2.13. The number of para-hydroxylation sites is 1. The number of nitrogens with zero attached hydrogens (tertiary/aromatic N) is 3. The minimum Gasteiger partial charge on any atom is -0.494 e. The van der Waals surface area contributed by atoms with Gasteiger partial charge in [0.05, 0.1) is 11.3 Å². The van der Waals surface area contributed by atoms with Crippen LogP contribution in [0.1, 0.15) is 42.9 Å². The van der Waals surface area contributed by atoms with Gasteiger partial charge in [0, 0.05) is 12.8 Å². The smallest absolute Gasteiger partial charge is 0.271 e. The normalized spacial score (nSPS) is 10.9. The van der Waals surface area contributed by atoms with Gasteiger partial charge in [-0.1, -0.05) is 38.0 Å². The van der Waals surface area contributed by atoms with Crippen molar-refractivity contribution in [1.29, 1.82) is 5.26 Å². The van der Waals surface area contributed by atoms with E-state index in [1.807, 2.05) is 36.4 Å². The van der Waals surface area contributed by atoms with E-state index in [1.54, 1.807) is 6.92 Å². The Kier molecular flexibility index (Phi) is 5.91. The molecule has 0 fully saturated rings. The van der Waals surface area contributed by atoms with Crippen molar-refractivity contribution >= 4 is 11.9 Å². The van der Waals surface area contributed by atoms with Crippen LogP contribution in [0.3, 0.4) is 0 Å². The molecule has 5 nitrogen and oxygen atoms in total. The topological polar surface area (TPSA) is 78.4 Å². The van der Waals surface area contributed by atoms with Crippen molar-refractivity contribution in [3.63, 3.8) is 0 Å². The standard InChI is InChI=1S/C19H21N3O2/c1-3-4-8-11-22-18(23)16(12-20)14(2)17(19(22)24)13-21-15-9-6-5-7-10-15/h5-7,9-10,13,24H,3-4,8,11H2,1-2H3. The highest BCUT2D eigenvalue weighted by Crippen LogP contribution is 2.21. The Morgan fingerprint density at radius 2 is 2.00 bits per heavy atom. The largest absolute Gasteiger partial charge is 0.494 e. The average Bonchev–Trinajstić information content (AvgIpc) is 2.59. The second kappa shape index (κ2) is 8.11. The first kappa shape index (κ1) is 17.5. The van der Waals surface area contributed by atoms with Gasteiger partial charge in [-0.3, -0.25) is 14.4 Å². The SMILES string of the molecule is CCCCCn1c(O)c(C=Nc2ccccc2)c(C)c(C#N)c1=O. The molecule has 0 saturated carbocycles. The van der Waals surface area contributed by atoms with Crippen LogP contribution >= 0.6 is 0 Å². The zero-order chi connectivity index (χ0) is 17.5. The molecule has 0 amide bonds. The number of nitriles is 1. The van der Waals surface area contributed by atoms with Gasteiger partial charge in [0.2, 0.25) is 5.88 Å². The molecule has 0 atom stereocenters. The molecule has 0 unspecified atom stereocenters. The minimum absolute atomic E-state index is 0.0545. The monoisotopic (exact) mass is 323 g/mol. The first-order chi connectivity index (χ1) is 11.6. The fourth-order valence-corrected chi connectivity index (χ4v) is 2.51. The molecule has 0 saturated heterocycles. The number of benzene rings is 1. The highest BCUT2D eigenvalue weighted by atomic mass is 16.3. The first-order valence-corrected chi connectivity index (χ1v) is 8.05. The van der Waals surface area contributed by atoms with Crippen LogP contribution in [0.2, 0.25) is 0 Å². The Morgan fingerprint density at radius 1 is 1.29 bits per heavy atom. The molecule has 0 spiro atoms. The molecule has 0 aliphatic carbocycles. The van der Waals surface area contributed by atoms with E-state index in [4.69, 9.17) is 0 Å². The van der Waals surface area contributed by atoms with Crippen LogP contribution in [0, 0.1) is 18.3 Å². The van der Waals surface area contributed by atoms with Crippen molar-refractivity contribution in [2.24, 2.45) is 4.99 Å². The third-order valence-corrected chi connectivity index (χ3v) is 3.93. The fourth-order valence-electron chi connectivity index (χ4n) is 2.51. The van der Waals surface area contributed by atoms with Gasteiger partial charge in [0.15, 0.2) is 0 Å². The van der Waals surface area contributed by atoms with Crippen LogP contribution in [0.15, 0.2) is 40.1 Å². The summed E-state index contributed by atoms with van der Waals surface area (Å²) in [5.41, 5.74) is 1.20. The van der Waals surface area contributed by atoms with Crippen LogP contribution in [-0.4, -0.2) is 15.9 Å². The van der Waals surface area contributed by atoms with Crippen LogP contribution < -0.4 is 5.56 Å². The van der Waals surface area contributed by atoms with Crippen molar-refractivity contribution < 1.29 is 5.11 Å². The molecular weight excluding hydrogens is 302 g/mol. The molecule has 0 bridgehead atoms. The molecule has 0 aliphatic heterocycles. The molecule has 0 aliphatic rings. The van der Waals surface area contributed by atoms with E-state index in [2.05, 4.69) is 11.9 Å². The minimum atomic E-state index is -0.444. The summed E-state index contributed by atoms with van der Waals surface area (Å²) in [6.07, 6.45) is 4.24. The van der Waals surface area contributed by atoms with Gasteiger partial charge in [0.1, 0.15) is 11.6 Å². The lowest BCUT2D eigenvalue weighted by Crippen LogP contribution is -2.25. The second-order valence-electron chi connectivity index (χ2n) is 5.61. The van der Waals surface area contributed by atoms with Crippen LogP contribution in [0.5, 0.6) is 5.88 Å². The Bertz CT molecular complexity index is 830. The molecule has 24 heavy (non-hydrogen) atoms. The lowest BCUT2D eigenvalue weighted by atomic mass is 10.1. The molecule has 1 N–H and O–H groups in total. The molecule has 2 rings (SSSR count).